The minimum Gasteiger partial charge on any atom is -0.416 e. The van der Waals surface area contributed by atoms with Gasteiger partial charge < -0.3 is 14.5 Å². The molecule has 6 nitrogen and oxygen atoms in total. The largest absolute Gasteiger partial charge is 0.573 e. The van der Waals surface area contributed by atoms with Gasteiger partial charge in [0.1, 0.15) is 5.75 Å². The number of benzene rings is 3. The van der Waals surface area contributed by atoms with Gasteiger partial charge in [-0.3, -0.25) is 4.79 Å². The van der Waals surface area contributed by atoms with Crippen molar-refractivity contribution in [3.05, 3.63) is 84.4 Å². The molecule has 0 saturated heterocycles. The zero-order valence-electron chi connectivity index (χ0n) is 15.8. The summed E-state index contributed by atoms with van der Waals surface area (Å²) >= 11 is 0. The standard InChI is InChI=1S/C22H14F3N3O3/c23-22(24,25)31-18-8-4-7-16(13-18)19(29)26-17-11-9-15(10-12-17)21-28-27-20(30-21)14-5-2-1-3-6-14/h1-13H,(H,26,29). The Bertz CT molecular complexity index is 1190. The SMILES string of the molecule is O=C(Nc1ccc(-c2nnc(-c3ccccc3)o2)cc1)c1cccc(OC(F)(F)F)c1. The fourth-order valence-corrected chi connectivity index (χ4v) is 2.77. The molecule has 4 aromatic rings. The third kappa shape index (κ3) is 5.08. The predicted molar refractivity (Wildman–Crippen MR) is 106 cm³/mol. The van der Waals surface area contributed by atoms with Crippen molar-refractivity contribution in [1.82, 2.24) is 10.2 Å². The summed E-state index contributed by atoms with van der Waals surface area (Å²) in [5.74, 6) is -0.353. The van der Waals surface area contributed by atoms with Crippen molar-refractivity contribution in [1.29, 1.82) is 0 Å². The summed E-state index contributed by atoms with van der Waals surface area (Å²) < 4.78 is 46.6. The van der Waals surface area contributed by atoms with Gasteiger partial charge in [0.25, 0.3) is 5.91 Å². The first-order valence-corrected chi connectivity index (χ1v) is 9.04. The number of ether oxygens (including phenoxy) is 1. The second-order valence-electron chi connectivity index (χ2n) is 6.39. The minimum absolute atomic E-state index is 0.0234. The lowest BCUT2D eigenvalue weighted by Gasteiger charge is -2.10. The van der Waals surface area contributed by atoms with Crippen molar-refractivity contribution in [3.8, 4) is 28.7 Å². The molecular formula is C22H14F3N3O3. The smallest absolute Gasteiger partial charge is 0.416 e. The molecule has 31 heavy (non-hydrogen) atoms. The maximum absolute atomic E-state index is 12.4. The molecule has 156 valence electrons. The Labute approximate surface area is 174 Å². The third-order valence-electron chi connectivity index (χ3n) is 4.17. The van der Waals surface area contributed by atoms with Gasteiger partial charge in [-0.1, -0.05) is 24.3 Å². The molecule has 0 spiro atoms. The highest BCUT2D eigenvalue weighted by molar-refractivity contribution is 6.04. The van der Waals surface area contributed by atoms with Crippen molar-refractivity contribution < 1.29 is 27.1 Å². The van der Waals surface area contributed by atoms with E-state index in [1.54, 1.807) is 24.3 Å². The molecule has 0 saturated carbocycles. The van der Waals surface area contributed by atoms with E-state index in [0.717, 1.165) is 17.7 Å². The molecular weight excluding hydrogens is 411 g/mol. The van der Waals surface area contributed by atoms with E-state index in [1.165, 1.54) is 12.1 Å². The van der Waals surface area contributed by atoms with Crippen LogP contribution in [-0.2, 0) is 0 Å². The molecule has 4 rings (SSSR count). The number of halogens is 3. The summed E-state index contributed by atoms with van der Waals surface area (Å²) in [5, 5.41) is 10.7. The number of nitrogens with zero attached hydrogens (tertiary/aromatic N) is 2. The van der Waals surface area contributed by atoms with E-state index in [0.29, 0.717) is 23.0 Å². The Kier molecular flexibility index (Phi) is 5.40. The molecule has 1 aromatic heterocycles. The van der Waals surface area contributed by atoms with Crippen LogP contribution < -0.4 is 10.1 Å². The Hall–Kier alpha value is -4.14. The summed E-state index contributed by atoms with van der Waals surface area (Å²) in [4.78, 5) is 12.4. The molecule has 1 N–H and O–H groups in total. The van der Waals surface area contributed by atoms with Crippen LogP contribution in [0.5, 0.6) is 5.75 Å². The van der Waals surface area contributed by atoms with Gasteiger partial charge in [-0.15, -0.1) is 23.4 Å². The number of rotatable bonds is 5. The summed E-state index contributed by atoms with van der Waals surface area (Å²) in [5.41, 5.74) is 1.91. The molecule has 0 aliphatic carbocycles. The highest BCUT2D eigenvalue weighted by Crippen LogP contribution is 2.26. The molecule has 1 heterocycles. The number of carbonyl (C=O) groups is 1. The van der Waals surface area contributed by atoms with Crippen molar-refractivity contribution >= 4 is 11.6 Å². The third-order valence-corrected chi connectivity index (χ3v) is 4.17. The van der Waals surface area contributed by atoms with Crippen LogP contribution in [0.15, 0.2) is 83.3 Å². The minimum atomic E-state index is -4.83. The molecule has 0 aliphatic heterocycles. The molecule has 0 radical (unpaired) electrons. The van der Waals surface area contributed by atoms with E-state index >= 15 is 0 Å². The van der Waals surface area contributed by atoms with Crippen LogP contribution in [0.4, 0.5) is 18.9 Å². The molecule has 0 aliphatic rings. The van der Waals surface area contributed by atoms with Gasteiger partial charge in [0.2, 0.25) is 11.8 Å². The Morgan fingerprint density at radius 2 is 1.48 bits per heavy atom. The fraction of sp³-hybridized carbons (Fsp3) is 0.0455. The van der Waals surface area contributed by atoms with E-state index in [-0.39, 0.29) is 5.56 Å². The van der Waals surface area contributed by atoms with Gasteiger partial charge in [0.05, 0.1) is 0 Å². The quantitative estimate of drug-likeness (QED) is 0.453. The topological polar surface area (TPSA) is 77.3 Å². The Balaban J connectivity index is 1.45. The van der Waals surface area contributed by atoms with Crippen LogP contribution in [0.2, 0.25) is 0 Å². The molecule has 0 fully saturated rings. The zero-order valence-corrected chi connectivity index (χ0v) is 15.8. The molecule has 0 bridgehead atoms. The number of aromatic nitrogens is 2. The van der Waals surface area contributed by atoms with Crippen LogP contribution in [-0.4, -0.2) is 22.5 Å². The number of alkyl halides is 3. The first-order valence-electron chi connectivity index (χ1n) is 9.04. The lowest BCUT2D eigenvalue weighted by atomic mass is 10.1. The normalized spacial score (nSPS) is 11.2. The second-order valence-corrected chi connectivity index (χ2v) is 6.39. The van der Waals surface area contributed by atoms with Gasteiger partial charge in [-0.25, -0.2) is 0 Å². The maximum atomic E-state index is 12.4. The van der Waals surface area contributed by atoms with Gasteiger partial charge in [0, 0.05) is 22.4 Å². The molecule has 3 aromatic carbocycles. The van der Waals surface area contributed by atoms with Crippen molar-refractivity contribution in [3.63, 3.8) is 0 Å². The number of hydrogen-bond acceptors (Lipinski definition) is 5. The second kappa shape index (κ2) is 8.31. The first kappa shape index (κ1) is 20.1. The van der Waals surface area contributed by atoms with E-state index < -0.39 is 18.0 Å². The summed E-state index contributed by atoms with van der Waals surface area (Å²) in [6, 6.07) is 20.7. The van der Waals surface area contributed by atoms with Gasteiger partial charge in [0.15, 0.2) is 0 Å². The summed E-state index contributed by atoms with van der Waals surface area (Å²) in [6.45, 7) is 0. The average Bonchev–Trinajstić information content (AvgIpc) is 3.24. The highest BCUT2D eigenvalue weighted by atomic mass is 19.4. The zero-order chi connectivity index (χ0) is 21.8. The maximum Gasteiger partial charge on any atom is 0.573 e. The van der Waals surface area contributed by atoms with Crippen LogP contribution in [0, 0.1) is 0 Å². The number of nitrogens with one attached hydrogen (secondary N) is 1. The van der Waals surface area contributed by atoms with E-state index in [2.05, 4.69) is 20.3 Å². The van der Waals surface area contributed by atoms with Crippen molar-refractivity contribution in [2.75, 3.05) is 5.32 Å². The number of amides is 1. The fourth-order valence-electron chi connectivity index (χ4n) is 2.77. The lowest BCUT2D eigenvalue weighted by molar-refractivity contribution is -0.274. The van der Waals surface area contributed by atoms with Crippen molar-refractivity contribution in [2.45, 2.75) is 6.36 Å². The number of anilines is 1. The molecule has 0 unspecified atom stereocenters. The van der Waals surface area contributed by atoms with E-state index in [4.69, 9.17) is 4.42 Å². The molecule has 9 heteroatoms. The van der Waals surface area contributed by atoms with Crippen LogP contribution in [0.25, 0.3) is 22.9 Å². The van der Waals surface area contributed by atoms with Gasteiger partial charge in [-0.05, 0) is 54.6 Å². The molecule has 1 amide bonds. The van der Waals surface area contributed by atoms with Crippen LogP contribution >= 0.6 is 0 Å². The number of carbonyl (C=O) groups excluding carboxylic acids is 1. The lowest BCUT2D eigenvalue weighted by Crippen LogP contribution is -2.18. The van der Waals surface area contributed by atoms with Crippen molar-refractivity contribution in [2.24, 2.45) is 0 Å². The monoisotopic (exact) mass is 425 g/mol. The Morgan fingerprint density at radius 3 is 2.13 bits per heavy atom. The van der Waals surface area contributed by atoms with E-state index in [1.807, 2.05) is 30.3 Å². The van der Waals surface area contributed by atoms with Gasteiger partial charge in [-0.2, -0.15) is 0 Å². The summed E-state index contributed by atoms with van der Waals surface area (Å²) in [6.07, 6.45) is -4.83. The average molecular weight is 425 g/mol. The highest BCUT2D eigenvalue weighted by Gasteiger charge is 2.31. The van der Waals surface area contributed by atoms with Gasteiger partial charge >= 0.3 is 6.36 Å². The Morgan fingerprint density at radius 1 is 0.839 bits per heavy atom. The van der Waals surface area contributed by atoms with E-state index in [9.17, 15) is 18.0 Å². The summed E-state index contributed by atoms with van der Waals surface area (Å²) in [7, 11) is 0. The number of hydrogen-bond donors (Lipinski definition) is 1. The first-order chi connectivity index (χ1) is 14.9. The van der Waals surface area contributed by atoms with Crippen LogP contribution in [0.1, 0.15) is 10.4 Å². The van der Waals surface area contributed by atoms with Crippen LogP contribution in [0.3, 0.4) is 0 Å². The molecule has 0 atom stereocenters. The predicted octanol–water partition coefficient (Wildman–Crippen LogP) is 5.55.